The fraction of sp³-hybridized carbons (Fsp3) is 0.385. The van der Waals surface area contributed by atoms with Crippen molar-refractivity contribution in [2.45, 2.75) is 25.2 Å². The Bertz CT molecular complexity index is 609. The maximum Gasteiger partial charge on any atom is 0.304 e. The van der Waals surface area contributed by atoms with Gasteiger partial charge in [-0.25, -0.2) is 8.42 Å². The summed E-state index contributed by atoms with van der Waals surface area (Å²) in [5.74, 6) is -1.29. The summed E-state index contributed by atoms with van der Waals surface area (Å²) in [5.41, 5.74) is 0.306. The summed E-state index contributed by atoms with van der Waals surface area (Å²) in [5, 5.41) is 8.64. The van der Waals surface area contributed by atoms with Crippen LogP contribution in [0.5, 0.6) is 0 Å². The number of carbonyl (C=O) groups excluding carboxylic acids is 1. The van der Waals surface area contributed by atoms with Gasteiger partial charge < -0.3 is 5.11 Å². The van der Waals surface area contributed by atoms with Crippen LogP contribution in [0.1, 0.15) is 30.6 Å². The molecule has 6 nitrogen and oxygen atoms in total. The fourth-order valence-corrected chi connectivity index (χ4v) is 3.19. The zero-order valence-corrected chi connectivity index (χ0v) is 12.2. The quantitative estimate of drug-likeness (QED) is 0.768. The number of ketones is 1. The fourth-order valence-electron chi connectivity index (χ4n) is 1.69. The van der Waals surface area contributed by atoms with Gasteiger partial charge in [0.05, 0.1) is 11.3 Å². The Morgan fingerprint density at radius 1 is 1.30 bits per heavy atom. The van der Waals surface area contributed by atoms with E-state index < -0.39 is 16.0 Å². The number of carboxylic acid groups (broad SMARTS) is 1. The van der Waals surface area contributed by atoms with Crippen LogP contribution in [0, 0.1) is 0 Å². The average Bonchev–Trinajstić information content (AvgIpc) is 2.39. The van der Waals surface area contributed by atoms with E-state index in [4.69, 9.17) is 5.11 Å². The van der Waals surface area contributed by atoms with Crippen LogP contribution < -0.4 is 0 Å². The molecule has 0 aliphatic heterocycles. The number of carboxylic acids is 1. The highest BCUT2D eigenvalue weighted by Gasteiger charge is 2.24. The van der Waals surface area contributed by atoms with Crippen molar-refractivity contribution >= 4 is 21.8 Å². The van der Waals surface area contributed by atoms with Crippen molar-refractivity contribution in [1.29, 1.82) is 0 Å². The van der Waals surface area contributed by atoms with Crippen molar-refractivity contribution in [2.24, 2.45) is 0 Å². The van der Waals surface area contributed by atoms with E-state index in [0.717, 1.165) is 4.31 Å². The van der Waals surface area contributed by atoms with Crippen LogP contribution >= 0.6 is 0 Å². The lowest BCUT2D eigenvalue weighted by molar-refractivity contribution is -0.137. The first-order chi connectivity index (χ1) is 9.28. The van der Waals surface area contributed by atoms with Crippen LogP contribution in [0.15, 0.2) is 29.2 Å². The number of nitrogens with zero attached hydrogens (tertiary/aromatic N) is 1. The predicted octanol–water partition coefficient (Wildman–Crippen LogP) is 1.37. The van der Waals surface area contributed by atoms with E-state index in [1.165, 1.54) is 31.2 Å². The van der Waals surface area contributed by atoms with Crippen molar-refractivity contribution in [3.63, 3.8) is 0 Å². The minimum Gasteiger partial charge on any atom is -0.481 e. The minimum absolute atomic E-state index is 0.00237. The van der Waals surface area contributed by atoms with Gasteiger partial charge in [-0.2, -0.15) is 4.31 Å². The number of rotatable bonds is 7. The smallest absolute Gasteiger partial charge is 0.304 e. The molecule has 7 heteroatoms. The van der Waals surface area contributed by atoms with Gasteiger partial charge in [0.15, 0.2) is 5.78 Å². The molecule has 0 aromatic heterocycles. The van der Waals surface area contributed by atoms with Gasteiger partial charge in [-0.05, 0) is 19.1 Å². The Morgan fingerprint density at radius 2 is 1.95 bits per heavy atom. The Morgan fingerprint density at radius 3 is 2.45 bits per heavy atom. The number of aliphatic carboxylic acids is 1. The maximum atomic E-state index is 12.4. The molecule has 1 rings (SSSR count). The van der Waals surface area contributed by atoms with E-state index >= 15 is 0 Å². The molecular weight excluding hydrogens is 282 g/mol. The molecule has 1 N–H and O–H groups in total. The van der Waals surface area contributed by atoms with Gasteiger partial charge in [0.1, 0.15) is 0 Å². The van der Waals surface area contributed by atoms with Crippen molar-refractivity contribution in [3.05, 3.63) is 29.8 Å². The zero-order valence-electron chi connectivity index (χ0n) is 11.4. The highest BCUT2D eigenvalue weighted by atomic mass is 32.2. The molecule has 0 saturated carbocycles. The van der Waals surface area contributed by atoms with E-state index in [9.17, 15) is 18.0 Å². The molecule has 0 saturated heterocycles. The second-order valence-electron chi connectivity index (χ2n) is 4.22. The summed E-state index contributed by atoms with van der Waals surface area (Å²) in [4.78, 5) is 21.9. The normalized spacial score (nSPS) is 11.6. The Labute approximate surface area is 118 Å². The number of benzene rings is 1. The highest BCUT2D eigenvalue weighted by molar-refractivity contribution is 7.89. The summed E-state index contributed by atoms with van der Waals surface area (Å²) in [6.07, 6.45) is -0.264. The van der Waals surface area contributed by atoms with Crippen molar-refractivity contribution in [3.8, 4) is 0 Å². The number of Topliss-reactive ketones (excluding diaryl/α,β-unsaturated/α-hetero) is 1. The molecule has 0 bridgehead atoms. The van der Waals surface area contributed by atoms with Crippen LogP contribution in [0.25, 0.3) is 0 Å². The van der Waals surface area contributed by atoms with Crippen LogP contribution in [-0.2, 0) is 14.8 Å². The molecule has 110 valence electrons. The lowest BCUT2D eigenvalue weighted by Crippen LogP contribution is -2.33. The van der Waals surface area contributed by atoms with E-state index in [-0.39, 0.29) is 30.2 Å². The Kier molecular flexibility index (Phi) is 5.41. The maximum absolute atomic E-state index is 12.4. The van der Waals surface area contributed by atoms with Crippen LogP contribution in [0.2, 0.25) is 0 Å². The molecular formula is C13H17NO5S. The molecule has 0 fully saturated rings. The van der Waals surface area contributed by atoms with Crippen molar-refractivity contribution < 1.29 is 23.1 Å². The predicted molar refractivity (Wildman–Crippen MR) is 73.1 cm³/mol. The van der Waals surface area contributed by atoms with E-state index in [0.29, 0.717) is 5.56 Å². The molecule has 0 heterocycles. The first-order valence-electron chi connectivity index (χ1n) is 6.12. The van der Waals surface area contributed by atoms with Gasteiger partial charge >= 0.3 is 5.97 Å². The molecule has 1 aromatic carbocycles. The monoisotopic (exact) mass is 299 g/mol. The summed E-state index contributed by atoms with van der Waals surface area (Å²) >= 11 is 0. The number of hydrogen-bond donors (Lipinski definition) is 1. The summed E-state index contributed by atoms with van der Waals surface area (Å²) in [6.45, 7) is 3.06. The van der Waals surface area contributed by atoms with Crippen LogP contribution in [0.3, 0.4) is 0 Å². The van der Waals surface area contributed by atoms with Crippen molar-refractivity contribution in [2.75, 3.05) is 13.1 Å². The highest BCUT2D eigenvalue weighted by Crippen LogP contribution is 2.17. The molecule has 0 radical (unpaired) electrons. The lowest BCUT2D eigenvalue weighted by atomic mass is 10.2. The first-order valence-corrected chi connectivity index (χ1v) is 7.56. The Hall–Kier alpha value is -1.73. The molecule has 0 spiro atoms. The molecule has 20 heavy (non-hydrogen) atoms. The van der Waals surface area contributed by atoms with E-state index in [1.807, 2.05) is 0 Å². The number of carbonyl (C=O) groups is 2. The third-order valence-electron chi connectivity index (χ3n) is 2.81. The average molecular weight is 299 g/mol. The second-order valence-corrected chi connectivity index (χ2v) is 6.16. The third kappa shape index (κ3) is 3.88. The van der Waals surface area contributed by atoms with Gasteiger partial charge in [0, 0.05) is 18.7 Å². The molecule has 1 aromatic rings. The van der Waals surface area contributed by atoms with Gasteiger partial charge in [-0.1, -0.05) is 19.1 Å². The first kappa shape index (κ1) is 16.3. The SMILES string of the molecule is CCN(CCC(=O)O)S(=O)(=O)c1cccc(C(C)=O)c1. The van der Waals surface area contributed by atoms with Crippen molar-refractivity contribution in [1.82, 2.24) is 4.31 Å². The van der Waals surface area contributed by atoms with Gasteiger partial charge in [0.25, 0.3) is 0 Å². The summed E-state index contributed by atoms with van der Waals surface area (Å²) < 4.78 is 25.8. The number of hydrogen-bond acceptors (Lipinski definition) is 4. The van der Waals surface area contributed by atoms with Crippen LogP contribution in [-0.4, -0.2) is 42.7 Å². The van der Waals surface area contributed by atoms with E-state index in [1.54, 1.807) is 6.92 Å². The van der Waals surface area contributed by atoms with Crippen LogP contribution in [0.4, 0.5) is 0 Å². The topological polar surface area (TPSA) is 91.8 Å². The van der Waals surface area contributed by atoms with Gasteiger partial charge in [0.2, 0.25) is 10.0 Å². The largest absolute Gasteiger partial charge is 0.481 e. The molecule has 0 atom stereocenters. The summed E-state index contributed by atoms with van der Waals surface area (Å²) in [6, 6.07) is 5.73. The summed E-state index contributed by atoms with van der Waals surface area (Å²) in [7, 11) is -3.79. The van der Waals surface area contributed by atoms with E-state index in [2.05, 4.69) is 0 Å². The van der Waals surface area contributed by atoms with Gasteiger partial charge in [-0.3, -0.25) is 9.59 Å². The minimum atomic E-state index is -3.79. The molecule has 0 amide bonds. The Balaban J connectivity index is 3.10. The standard InChI is InChI=1S/C13H17NO5S/c1-3-14(8-7-13(16)17)20(18,19)12-6-4-5-11(9-12)10(2)15/h4-6,9H,3,7-8H2,1-2H3,(H,16,17). The molecule has 0 aliphatic rings. The molecule has 0 unspecified atom stereocenters. The second kappa shape index (κ2) is 6.62. The third-order valence-corrected chi connectivity index (χ3v) is 4.78. The van der Waals surface area contributed by atoms with Gasteiger partial charge in [-0.15, -0.1) is 0 Å². The number of sulfonamides is 1. The lowest BCUT2D eigenvalue weighted by Gasteiger charge is -2.19. The molecule has 0 aliphatic carbocycles. The zero-order chi connectivity index (χ0) is 15.3.